The molecule has 5 aliphatic carbocycles. The zero-order chi connectivity index (χ0) is 28.9. The molecule has 0 nitrogen and oxygen atoms in total. The Kier molecular flexibility index (Phi) is 12.1. The zero-order valence-electron chi connectivity index (χ0n) is 28.9. The van der Waals surface area contributed by atoms with Gasteiger partial charge >= 0.3 is 0 Å². The van der Waals surface area contributed by atoms with Crippen molar-refractivity contribution in [3.05, 3.63) is 0 Å². The van der Waals surface area contributed by atoms with Gasteiger partial charge in [-0.05, 0) is 128 Å². The van der Waals surface area contributed by atoms with Crippen molar-refractivity contribution >= 4 is 0 Å². The van der Waals surface area contributed by atoms with Crippen LogP contribution in [-0.2, 0) is 0 Å². The molecule has 0 aliphatic heterocycles. The van der Waals surface area contributed by atoms with Crippen LogP contribution < -0.4 is 0 Å². The van der Waals surface area contributed by atoms with Crippen LogP contribution in [0.2, 0.25) is 0 Å². The first-order valence-electron chi connectivity index (χ1n) is 20.0. The quantitative estimate of drug-likeness (QED) is 0.220. The molecule has 0 aromatic rings. The molecule has 0 N–H and O–H groups in total. The van der Waals surface area contributed by atoms with Crippen molar-refractivity contribution in [2.45, 2.75) is 176 Å². The lowest BCUT2D eigenvalue weighted by Crippen LogP contribution is -2.54. The second-order valence-electron chi connectivity index (χ2n) is 17.1. The summed E-state index contributed by atoms with van der Waals surface area (Å²) >= 11 is 0. The highest BCUT2D eigenvalue weighted by atomic mass is 14.6. The van der Waals surface area contributed by atoms with Gasteiger partial charge in [0.2, 0.25) is 0 Å². The fourth-order valence-corrected chi connectivity index (χ4v) is 13.6. The first kappa shape index (κ1) is 32.4. The van der Waals surface area contributed by atoms with E-state index in [0.717, 1.165) is 82.9 Å². The van der Waals surface area contributed by atoms with E-state index in [1.54, 1.807) is 70.6 Å². The topological polar surface area (TPSA) is 0 Å². The Hall–Kier alpha value is 0. The molecule has 0 heterocycles. The minimum Gasteiger partial charge on any atom is -0.0654 e. The predicted molar refractivity (Wildman–Crippen MR) is 180 cm³/mol. The minimum atomic E-state index is 0.990. The average Bonchev–Trinajstić information content (AvgIpc) is 2.98. The van der Waals surface area contributed by atoms with Crippen molar-refractivity contribution < 1.29 is 0 Å². The molecule has 5 saturated carbocycles. The van der Waals surface area contributed by atoms with Crippen molar-refractivity contribution in [2.75, 3.05) is 0 Å². The summed E-state index contributed by atoms with van der Waals surface area (Å²) in [5.74, 6) is 14.8. The molecular formula is C41H74. The average molecular weight is 567 g/mol. The van der Waals surface area contributed by atoms with E-state index in [4.69, 9.17) is 0 Å². The molecule has 238 valence electrons. The van der Waals surface area contributed by atoms with Gasteiger partial charge in [0.1, 0.15) is 0 Å². The third kappa shape index (κ3) is 6.98. The summed E-state index contributed by atoms with van der Waals surface area (Å²) in [6, 6.07) is 0. The highest BCUT2D eigenvalue weighted by molar-refractivity contribution is 5.05. The molecule has 0 bridgehead atoms. The first-order chi connectivity index (χ1) is 20.0. The van der Waals surface area contributed by atoms with E-state index >= 15 is 0 Å². The minimum absolute atomic E-state index is 0.990. The Balaban J connectivity index is 1.46. The van der Waals surface area contributed by atoms with E-state index in [0.29, 0.717) is 0 Å². The fourth-order valence-electron chi connectivity index (χ4n) is 13.6. The van der Waals surface area contributed by atoms with Crippen LogP contribution in [0.4, 0.5) is 0 Å². The predicted octanol–water partition coefficient (Wildman–Crippen LogP) is 13.0. The first-order valence-corrected chi connectivity index (χ1v) is 20.0. The SMILES string of the molecule is CCCCC1CC2CC(CCCC)C3C(CC)C(CCC)C(CCC)CC3C2CC1C1CC(C)CC2CCCCC21. The van der Waals surface area contributed by atoms with Gasteiger partial charge < -0.3 is 0 Å². The van der Waals surface area contributed by atoms with Crippen LogP contribution >= 0.6 is 0 Å². The maximum atomic E-state index is 2.65. The van der Waals surface area contributed by atoms with E-state index in [1.165, 1.54) is 64.2 Å². The molecule has 5 rings (SSSR count). The molecule has 0 aromatic heterocycles. The normalized spacial score (nSPS) is 46.4. The van der Waals surface area contributed by atoms with Crippen LogP contribution in [0.1, 0.15) is 176 Å². The largest absolute Gasteiger partial charge is 0.0654 e. The Labute approximate surface area is 258 Å². The monoisotopic (exact) mass is 567 g/mol. The van der Waals surface area contributed by atoms with Crippen LogP contribution in [0.5, 0.6) is 0 Å². The second kappa shape index (κ2) is 15.3. The van der Waals surface area contributed by atoms with Gasteiger partial charge in [0.05, 0.1) is 0 Å². The number of fused-ring (bicyclic) bond motifs is 4. The van der Waals surface area contributed by atoms with Crippen molar-refractivity contribution in [1.29, 1.82) is 0 Å². The maximum Gasteiger partial charge on any atom is -0.0323 e. The summed E-state index contributed by atoms with van der Waals surface area (Å²) in [6.45, 7) is 15.1. The third-order valence-electron chi connectivity index (χ3n) is 14.8. The lowest BCUT2D eigenvalue weighted by Gasteiger charge is -2.61. The number of rotatable bonds is 12. The van der Waals surface area contributed by atoms with Gasteiger partial charge in [-0.1, -0.05) is 131 Å². The van der Waals surface area contributed by atoms with Gasteiger partial charge in [0.25, 0.3) is 0 Å². The molecule has 0 radical (unpaired) electrons. The Morgan fingerprint density at radius 1 is 0.463 bits per heavy atom. The van der Waals surface area contributed by atoms with Gasteiger partial charge in [0.15, 0.2) is 0 Å². The number of unbranched alkanes of at least 4 members (excludes halogenated alkanes) is 2. The molecule has 0 heteroatoms. The fraction of sp³-hybridized carbons (Fsp3) is 1.00. The van der Waals surface area contributed by atoms with Crippen molar-refractivity contribution in [3.63, 3.8) is 0 Å². The van der Waals surface area contributed by atoms with Gasteiger partial charge in [-0.15, -0.1) is 0 Å². The molecule has 0 saturated heterocycles. The van der Waals surface area contributed by atoms with E-state index in [-0.39, 0.29) is 0 Å². The van der Waals surface area contributed by atoms with E-state index < -0.39 is 0 Å². The van der Waals surface area contributed by atoms with Gasteiger partial charge in [-0.3, -0.25) is 0 Å². The smallest absolute Gasteiger partial charge is 0.0323 e. The summed E-state index contributed by atoms with van der Waals surface area (Å²) in [4.78, 5) is 0. The molecule has 14 unspecified atom stereocenters. The summed E-state index contributed by atoms with van der Waals surface area (Å²) in [6.07, 6.45) is 32.2. The summed E-state index contributed by atoms with van der Waals surface area (Å²) in [5.41, 5.74) is 0. The van der Waals surface area contributed by atoms with E-state index in [9.17, 15) is 0 Å². The lowest BCUT2D eigenvalue weighted by molar-refractivity contribution is -0.122. The molecule has 41 heavy (non-hydrogen) atoms. The van der Waals surface area contributed by atoms with E-state index in [2.05, 4.69) is 41.5 Å². The van der Waals surface area contributed by atoms with Crippen molar-refractivity contribution in [1.82, 2.24) is 0 Å². The Bertz CT molecular complexity index is 753. The summed E-state index contributed by atoms with van der Waals surface area (Å²) in [5, 5.41) is 0. The highest BCUT2D eigenvalue weighted by Crippen LogP contribution is 2.64. The van der Waals surface area contributed by atoms with Gasteiger partial charge in [-0.2, -0.15) is 0 Å². The molecule has 0 amide bonds. The standard InChI is InChI=1S/C41H74/c1-7-12-18-31-24-33-25-32(19-13-8-2)41-34(11-5)35(17-10-4)29(16-9-3)26-40(41)38(33)27-37(31)39-23-28(6)22-30-20-14-15-21-36(30)39/h28-41H,7-27H2,1-6H3. The lowest BCUT2D eigenvalue weighted by atomic mass is 9.44. The van der Waals surface area contributed by atoms with Crippen LogP contribution in [0.3, 0.4) is 0 Å². The number of hydrogen-bond acceptors (Lipinski definition) is 0. The van der Waals surface area contributed by atoms with Crippen LogP contribution in [0.25, 0.3) is 0 Å². The molecule has 0 spiro atoms. The van der Waals surface area contributed by atoms with E-state index in [1.807, 2.05) is 0 Å². The highest BCUT2D eigenvalue weighted by Gasteiger charge is 2.56. The van der Waals surface area contributed by atoms with Gasteiger partial charge in [-0.25, -0.2) is 0 Å². The van der Waals surface area contributed by atoms with Crippen LogP contribution in [0.15, 0.2) is 0 Å². The molecule has 0 aromatic carbocycles. The Morgan fingerprint density at radius 3 is 1.88 bits per heavy atom. The second-order valence-corrected chi connectivity index (χ2v) is 17.1. The molecular weight excluding hydrogens is 492 g/mol. The zero-order valence-corrected chi connectivity index (χ0v) is 28.9. The molecule has 5 fully saturated rings. The Morgan fingerprint density at radius 2 is 1.17 bits per heavy atom. The maximum absolute atomic E-state index is 2.65. The summed E-state index contributed by atoms with van der Waals surface area (Å²) in [7, 11) is 0. The third-order valence-corrected chi connectivity index (χ3v) is 14.8. The van der Waals surface area contributed by atoms with Crippen molar-refractivity contribution in [2.24, 2.45) is 82.9 Å². The van der Waals surface area contributed by atoms with Crippen LogP contribution in [0, 0.1) is 82.9 Å². The van der Waals surface area contributed by atoms with Gasteiger partial charge in [0, 0.05) is 0 Å². The van der Waals surface area contributed by atoms with Crippen molar-refractivity contribution in [3.8, 4) is 0 Å². The molecule has 5 aliphatic rings. The summed E-state index contributed by atoms with van der Waals surface area (Å²) < 4.78 is 0. The van der Waals surface area contributed by atoms with Crippen LogP contribution in [-0.4, -0.2) is 0 Å². The molecule has 14 atom stereocenters. The number of hydrogen-bond donors (Lipinski definition) is 0.